The van der Waals surface area contributed by atoms with Gasteiger partial charge in [-0.2, -0.15) is 0 Å². The van der Waals surface area contributed by atoms with Crippen LogP contribution < -0.4 is 10.6 Å². The van der Waals surface area contributed by atoms with E-state index in [1.807, 2.05) is 24.3 Å². The first-order chi connectivity index (χ1) is 9.89. The molecule has 0 heterocycles. The molecule has 116 valence electrons. The molecule has 2 N–H and O–H groups in total. The summed E-state index contributed by atoms with van der Waals surface area (Å²) in [5, 5.41) is 6.43. The summed E-state index contributed by atoms with van der Waals surface area (Å²) in [4.78, 5) is 11.8. The Morgan fingerprint density at radius 2 is 2.05 bits per heavy atom. The van der Waals surface area contributed by atoms with Crippen molar-refractivity contribution in [2.75, 3.05) is 17.7 Å². The van der Waals surface area contributed by atoms with Gasteiger partial charge in [-0.25, -0.2) is 0 Å². The van der Waals surface area contributed by atoms with E-state index < -0.39 is 0 Å². The van der Waals surface area contributed by atoms with E-state index in [1.54, 1.807) is 7.11 Å². The number of amides is 1. The van der Waals surface area contributed by atoms with Crippen LogP contribution >= 0.6 is 0 Å². The zero-order valence-electron chi connectivity index (χ0n) is 13.4. The molecule has 1 saturated carbocycles. The van der Waals surface area contributed by atoms with Gasteiger partial charge < -0.3 is 15.4 Å². The normalized spacial score (nSPS) is 16.4. The van der Waals surface area contributed by atoms with Crippen LogP contribution in [-0.2, 0) is 9.53 Å². The van der Waals surface area contributed by atoms with Crippen molar-refractivity contribution in [2.45, 2.75) is 51.7 Å². The second kappa shape index (κ2) is 6.48. The van der Waals surface area contributed by atoms with Gasteiger partial charge in [0.2, 0.25) is 5.91 Å². The molecule has 4 nitrogen and oxygen atoms in total. The van der Waals surface area contributed by atoms with Crippen LogP contribution in [0.15, 0.2) is 24.3 Å². The SMILES string of the molecule is COC(C)(C)CC(C)Nc1cccc(NC(=O)C2CC2)c1. The largest absolute Gasteiger partial charge is 0.382 e. The van der Waals surface area contributed by atoms with Crippen molar-refractivity contribution < 1.29 is 9.53 Å². The highest BCUT2D eigenvalue weighted by Crippen LogP contribution is 2.30. The van der Waals surface area contributed by atoms with Crippen LogP contribution in [0.4, 0.5) is 11.4 Å². The molecule has 1 fully saturated rings. The Morgan fingerprint density at radius 3 is 2.67 bits per heavy atom. The summed E-state index contributed by atoms with van der Waals surface area (Å²) in [6.07, 6.45) is 2.95. The second-order valence-corrected chi connectivity index (χ2v) is 6.56. The van der Waals surface area contributed by atoms with E-state index in [4.69, 9.17) is 4.74 Å². The highest BCUT2D eigenvalue weighted by molar-refractivity contribution is 5.94. The average Bonchev–Trinajstić information content (AvgIpc) is 3.22. The number of rotatable bonds is 7. The lowest BCUT2D eigenvalue weighted by atomic mass is 9.99. The molecule has 0 aliphatic heterocycles. The molecule has 2 rings (SSSR count). The van der Waals surface area contributed by atoms with Gasteiger partial charge in [0.25, 0.3) is 0 Å². The molecule has 4 heteroatoms. The van der Waals surface area contributed by atoms with E-state index in [0.717, 1.165) is 30.6 Å². The molecule has 0 spiro atoms. The standard InChI is InChI=1S/C17H26N2O2/c1-12(11-17(2,3)21-4)18-14-6-5-7-15(10-14)19-16(20)13-8-9-13/h5-7,10,12-13,18H,8-9,11H2,1-4H3,(H,19,20). The molecule has 1 unspecified atom stereocenters. The summed E-state index contributed by atoms with van der Waals surface area (Å²) >= 11 is 0. The van der Waals surface area contributed by atoms with Crippen LogP contribution in [0.25, 0.3) is 0 Å². The van der Waals surface area contributed by atoms with Gasteiger partial charge in [-0.1, -0.05) is 6.07 Å². The van der Waals surface area contributed by atoms with Gasteiger partial charge in [0.15, 0.2) is 0 Å². The van der Waals surface area contributed by atoms with Gasteiger partial charge in [-0.05, 0) is 58.2 Å². The van der Waals surface area contributed by atoms with Gasteiger partial charge >= 0.3 is 0 Å². The molecule has 1 aliphatic rings. The van der Waals surface area contributed by atoms with E-state index in [1.165, 1.54) is 0 Å². The van der Waals surface area contributed by atoms with Crippen molar-refractivity contribution in [3.05, 3.63) is 24.3 Å². The summed E-state index contributed by atoms with van der Waals surface area (Å²) in [7, 11) is 1.74. The fourth-order valence-corrected chi connectivity index (χ4v) is 2.43. The zero-order chi connectivity index (χ0) is 15.5. The predicted octanol–water partition coefficient (Wildman–Crippen LogP) is 3.65. The Morgan fingerprint density at radius 1 is 1.38 bits per heavy atom. The lowest BCUT2D eigenvalue weighted by molar-refractivity contribution is -0.117. The second-order valence-electron chi connectivity index (χ2n) is 6.56. The monoisotopic (exact) mass is 290 g/mol. The average molecular weight is 290 g/mol. The first-order valence-corrected chi connectivity index (χ1v) is 7.62. The topological polar surface area (TPSA) is 50.4 Å². The Bertz CT molecular complexity index is 495. The van der Waals surface area contributed by atoms with E-state index in [-0.39, 0.29) is 23.5 Å². The van der Waals surface area contributed by atoms with Gasteiger partial charge in [0, 0.05) is 30.4 Å². The number of hydrogen-bond acceptors (Lipinski definition) is 3. The minimum absolute atomic E-state index is 0.140. The fourth-order valence-electron chi connectivity index (χ4n) is 2.43. The molecule has 21 heavy (non-hydrogen) atoms. The van der Waals surface area contributed by atoms with Crippen molar-refractivity contribution >= 4 is 17.3 Å². The zero-order valence-corrected chi connectivity index (χ0v) is 13.4. The van der Waals surface area contributed by atoms with Gasteiger partial charge in [-0.3, -0.25) is 4.79 Å². The Labute approximate surface area is 127 Å². The van der Waals surface area contributed by atoms with Crippen LogP contribution in [0.2, 0.25) is 0 Å². The quantitative estimate of drug-likeness (QED) is 0.806. The van der Waals surface area contributed by atoms with Crippen LogP contribution in [-0.4, -0.2) is 24.7 Å². The minimum Gasteiger partial charge on any atom is -0.382 e. The Hall–Kier alpha value is -1.55. The fraction of sp³-hybridized carbons (Fsp3) is 0.588. The molecule has 1 aromatic carbocycles. The summed E-state index contributed by atoms with van der Waals surface area (Å²) in [6.45, 7) is 6.30. The molecule has 1 aromatic rings. The number of hydrogen-bond donors (Lipinski definition) is 2. The van der Waals surface area contributed by atoms with Crippen molar-refractivity contribution in [3.8, 4) is 0 Å². The molecule has 0 radical (unpaired) electrons. The molecular formula is C17H26N2O2. The lowest BCUT2D eigenvalue weighted by Crippen LogP contribution is -2.31. The molecule has 0 saturated heterocycles. The summed E-state index contributed by atoms with van der Waals surface area (Å²) in [6, 6.07) is 8.17. The molecule has 0 aromatic heterocycles. The van der Waals surface area contributed by atoms with Crippen molar-refractivity contribution in [1.82, 2.24) is 0 Å². The minimum atomic E-state index is -0.149. The summed E-state index contributed by atoms with van der Waals surface area (Å²) in [5.41, 5.74) is 1.72. The molecule has 1 aliphatic carbocycles. The lowest BCUT2D eigenvalue weighted by Gasteiger charge is -2.27. The van der Waals surface area contributed by atoms with E-state index in [9.17, 15) is 4.79 Å². The van der Waals surface area contributed by atoms with Crippen molar-refractivity contribution in [2.24, 2.45) is 5.92 Å². The number of carbonyl (C=O) groups is 1. The van der Waals surface area contributed by atoms with Crippen LogP contribution in [0, 0.1) is 5.92 Å². The highest BCUT2D eigenvalue weighted by Gasteiger charge is 2.29. The third-order valence-electron chi connectivity index (χ3n) is 3.84. The molecule has 1 amide bonds. The van der Waals surface area contributed by atoms with Crippen molar-refractivity contribution in [1.29, 1.82) is 0 Å². The number of anilines is 2. The molecule has 1 atom stereocenters. The van der Waals surface area contributed by atoms with E-state index >= 15 is 0 Å². The summed E-state index contributed by atoms with van der Waals surface area (Å²) in [5.74, 6) is 0.365. The maximum absolute atomic E-state index is 11.8. The van der Waals surface area contributed by atoms with Gasteiger partial charge in [-0.15, -0.1) is 0 Å². The highest BCUT2D eigenvalue weighted by atomic mass is 16.5. The molecular weight excluding hydrogens is 264 g/mol. The van der Waals surface area contributed by atoms with Crippen LogP contribution in [0.1, 0.15) is 40.0 Å². The first kappa shape index (κ1) is 15.8. The first-order valence-electron chi connectivity index (χ1n) is 7.62. The number of nitrogens with one attached hydrogen (secondary N) is 2. The van der Waals surface area contributed by atoms with E-state index in [0.29, 0.717) is 0 Å². The van der Waals surface area contributed by atoms with Crippen LogP contribution in [0.5, 0.6) is 0 Å². The number of methoxy groups -OCH3 is 1. The smallest absolute Gasteiger partial charge is 0.227 e. The number of benzene rings is 1. The Kier molecular flexibility index (Phi) is 4.88. The van der Waals surface area contributed by atoms with Crippen molar-refractivity contribution in [3.63, 3.8) is 0 Å². The maximum atomic E-state index is 11.8. The number of ether oxygens (including phenoxy) is 1. The number of carbonyl (C=O) groups excluding carboxylic acids is 1. The van der Waals surface area contributed by atoms with E-state index in [2.05, 4.69) is 31.4 Å². The third kappa shape index (κ3) is 5.05. The van der Waals surface area contributed by atoms with Gasteiger partial charge in [0.05, 0.1) is 5.60 Å². The molecule has 0 bridgehead atoms. The Balaban J connectivity index is 1.92. The van der Waals surface area contributed by atoms with Crippen LogP contribution in [0.3, 0.4) is 0 Å². The van der Waals surface area contributed by atoms with Gasteiger partial charge in [0.1, 0.15) is 0 Å². The summed E-state index contributed by atoms with van der Waals surface area (Å²) < 4.78 is 5.46. The predicted molar refractivity (Wildman–Crippen MR) is 86.6 cm³/mol. The third-order valence-corrected chi connectivity index (χ3v) is 3.84. The maximum Gasteiger partial charge on any atom is 0.227 e.